The zero-order valence-corrected chi connectivity index (χ0v) is 22.1. The molecule has 3 N–H and O–H groups in total. The summed E-state index contributed by atoms with van der Waals surface area (Å²) in [5, 5.41) is 7.57. The van der Waals surface area contributed by atoms with Gasteiger partial charge in [0.25, 0.3) is 0 Å². The SMILES string of the molecule is C=C1/C(C)=C/C=c2\c(oc3ccccc23)=N\C(C)=C/c2ccccc21.C=CC.C=N.NC1C=CC=CC1. The van der Waals surface area contributed by atoms with E-state index in [4.69, 9.17) is 20.6 Å². The summed E-state index contributed by atoms with van der Waals surface area (Å²) in [4.78, 5) is 4.73. The Morgan fingerprint density at radius 3 is 2.35 bits per heavy atom. The lowest BCUT2D eigenvalue weighted by Crippen LogP contribution is -2.20. The fourth-order valence-corrected chi connectivity index (χ4v) is 3.73. The summed E-state index contributed by atoms with van der Waals surface area (Å²) in [6.45, 7) is 16.1. The number of rotatable bonds is 0. The van der Waals surface area contributed by atoms with Crippen LogP contribution in [0.4, 0.5) is 0 Å². The molecule has 1 aromatic heterocycles. The highest BCUT2D eigenvalue weighted by atomic mass is 16.3. The molecule has 5 rings (SSSR count). The van der Waals surface area contributed by atoms with Crippen LogP contribution in [-0.2, 0) is 0 Å². The van der Waals surface area contributed by atoms with Crippen LogP contribution in [0.1, 0.15) is 38.3 Å². The third-order valence-corrected chi connectivity index (χ3v) is 5.53. The largest absolute Gasteiger partial charge is 0.438 e. The molecule has 0 spiro atoms. The summed E-state index contributed by atoms with van der Waals surface area (Å²) < 4.78 is 5.99. The molecule has 1 atom stereocenters. The van der Waals surface area contributed by atoms with E-state index < -0.39 is 0 Å². The van der Waals surface area contributed by atoms with Gasteiger partial charge in [-0.25, -0.2) is 4.99 Å². The molecule has 37 heavy (non-hydrogen) atoms. The van der Waals surface area contributed by atoms with Crippen molar-refractivity contribution in [1.29, 1.82) is 5.41 Å². The third kappa shape index (κ3) is 8.13. The molecule has 1 aliphatic heterocycles. The number of furan rings is 1. The zero-order chi connectivity index (χ0) is 27.2. The van der Waals surface area contributed by atoms with E-state index in [2.05, 4.69) is 69.3 Å². The highest BCUT2D eigenvalue weighted by Gasteiger charge is 2.08. The molecule has 190 valence electrons. The number of nitrogens with two attached hydrogens (primary N) is 1. The molecule has 1 aliphatic carbocycles. The minimum atomic E-state index is 0.269. The molecule has 0 fully saturated rings. The first-order chi connectivity index (χ1) is 17.9. The van der Waals surface area contributed by atoms with E-state index in [1.54, 1.807) is 6.08 Å². The summed E-state index contributed by atoms with van der Waals surface area (Å²) in [6.07, 6.45) is 17.1. The average Bonchev–Trinajstić information content (AvgIpc) is 3.25. The number of nitrogens with one attached hydrogen (secondary N) is 1. The topological polar surface area (TPSA) is 75.4 Å². The van der Waals surface area contributed by atoms with Crippen LogP contribution in [-0.4, -0.2) is 12.8 Å². The van der Waals surface area contributed by atoms with E-state index in [0.717, 1.165) is 50.6 Å². The van der Waals surface area contributed by atoms with Gasteiger partial charge in [-0.3, -0.25) is 0 Å². The molecule has 4 heteroatoms. The quantitative estimate of drug-likeness (QED) is 0.259. The smallest absolute Gasteiger partial charge is 0.227 e. The molecular weight excluding hydrogens is 454 g/mol. The lowest BCUT2D eigenvalue weighted by molar-refractivity contribution is 0.551. The first kappa shape index (κ1) is 29.0. The number of hydrogen-bond donors (Lipinski definition) is 2. The number of nitrogens with zero attached hydrogens (tertiary/aromatic N) is 1. The Hall–Kier alpha value is -4.28. The van der Waals surface area contributed by atoms with Crippen molar-refractivity contribution in [3.05, 3.63) is 131 Å². The maximum Gasteiger partial charge on any atom is 0.227 e. The predicted molar refractivity (Wildman–Crippen MR) is 161 cm³/mol. The number of fused-ring (bicyclic) bond motifs is 4. The minimum Gasteiger partial charge on any atom is -0.438 e. The molecule has 4 nitrogen and oxygen atoms in total. The maximum absolute atomic E-state index is 5.99. The Bertz CT molecular complexity index is 1460. The van der Waals surface area contributed by atoms with Crippen molar-refractivity contribution in [2.24, 2.45) is 10.7 Å². The van der Waals surface area contributed by atoms with Crippen LogP contribution in [0.3, 0.4) is 0 Å². The highest BCUT2D eigenvalue weighted by Crippen LogP contribution is 2.26. The monoisotopic (exact) mass is 491 g/mol. The molecule has 0 amide bonds. The fraction of sp³-hybridized carbons (Fsp3) is 0.152. The Morgan fingerprint density at radius 1 is 1.03 bits per heavy atom. The van der Waals surface area contributed by atoms with Crippen molar-refractivity contribution in [2.45, 2.75) is 33.2 Å². The van der Waals surface area contributed by atoms with E-state index in [1.165, 1.54) is 0 Å². The van der Waals surface area contributed by atoms with Gasteiger partial charge in [-0.15, -0.1) is 6.58 Å². The first-order valence-corrected chi connectivity index (χ1v) is 12.2. The second-order valence-electron chi connectivity index (χ2n) is 8.42. The van der Waals surface area contributed by atoms with Crippen molar-refractivity contribution >= 4 is 35.4 Å². The van der Waals surface area contributed by atoms with Gasteiger partial charge in [-0.05, 0) is 74.4 Å². The predicted octanol–water partition coefficient (Wildman–Crippen LogP) is 7.15. The van der Waals surface area contributed by atoms with Crippen LogP contribution < -0.4 is 16.5 Å². The Balaban J connectivity index is 0.000000336. The molecule has 2 aliphatic rings. The Morgan fingerprint density at radius 2 is 1.70 bits per heavy atom. The van der Waals surface area contributed by atoms with E-state index in [1.807, 2.05) is 62.4 Å². The second-order valence-corrected chi connectivity index (χ2v) is 8.42. The van der Waals surface area contributed by atoms with Gasteiger partial charge in [0.15, 0.2) is 0 Å². The Labute approximate surface area is 220 Å². The van der Waals surface area contributed by atoms with Crippen LogP contribution in [0.15, 0.2) is 119 Å². The summed E-state index contributed by atoms with van der Waals surface area (Å²) >= 11 is 0. The van der Waals surface area contributed by atoms with Gasteiger partial charge in [-0.2, -0.15) is 0 Å². The van der Waals surface area contributed by atoms with Crippen molar-refractivity contribution in [2.75, 3.05) is 0 Å². The van der Waals surface area contributed by atoms with Crippen molar-refractivity contribution in [1.82, 2.24) is 0 Å². The summed E-state index contributed by atoms with van der Waals surface area (Å²) in [5.74, 6) is 0. The number of para-hydroxylation sites is 1. The lowest BCUT2D eigenvalue weighted by atomic mass is 9.95. The first-order valence-electron chi connectivity index (χ1n) is 12.2. The molecular formula is C33H37N3O. The van der Waals surface area contributed by atoms with Crippen LogP contribution in [0.2, 0.25) is 0 Å². The van der Waals surface area contributed by atoms with Crippen molar-refractivity contribution in [3.63, 3.8) is 0 Å². The molecule has 3 aromatic rings. The molecule has 1 unspecified atom stereocenters. The molecule has 0 radical (unpaired) electrons. The standard InChI is InChI=1S/C23H19NO.C6H9N.C3H6.CH3N/c1-15-12-13-21-20-10-6-7-11-22(20)25-23(21)24-16(2)14-18-8-4-5-9-19(18)17(15)3;7-6-4-2-1-3-5-6;1-3-2;1-2/h4-14H,3H2,1-2H3;1-4,6H,5,7H2;3H,1H2,2H3;2H,1H2/b15-12+,16-14-,21-13-,24-23-;;;. The van der Waals surface area contributed by atoms with E-state index in [0.29, 0.717) is 5.55 Å². The van der Waals surface area contributed by atoms with Crippen LogP contribution >= 0.6 is 0 Å². The number of allylic oxidation sites excluding steroid dienone is 7. The van der Waals surface area contributed by atoms with E-state index in [9.17, 15) is 0 Å². The summed E-state index contributed by atoms with van der Waals surface area (Å²) in [7, 11) is 0. The molecule has 2 aromatic carbocycles. The number of benzene rings is 2. The van der Waals surface area contributed by atoms with E-state index in [-0.39, 0.29) is 6.04 Å². The van der Waals surface area contributed by atoms with Gasteiger partial charge >= 0.3 is 0 Å². The van der Waals surface area contributed by atoms with Gasteiger partial charge < -0.3 is 15.6 Å². The summed E-state index contributed by atoms with van der Waals surface area (Å²) in [5.41, 5.74) is 12.3. The molecule has 0 saturated heterocycles. The average molecular weight is 492 g/mol. The number of hydrogen-bond acceptors (Lipinski definition) is 4. The van der Waals surface area contributed by atoms with Crippen molar-refractivity contribution < 1.29 is 4.42 Å². The van der Waals surface area contributed by atoms with Crippen LogP contribution in [0.25, 0.3) is 28.7 Å². The normalized spacial score (nSPS) is 20.2. The fourth-order valence-electron chi connectivity index (χ4n) is 3.73. The second kappa shape index (κ2) is 15.0. The van der Waals surface area contributed by atoms with Crippen LogP contribution in [0.5, 0.6) is 0 Å². The zero-order valence-electron chi connectivity index (χ0n) is 22.1. The third-order valence-electron chi connectivity index (χ3n) is 5.53. The maximum atomic E-state index is 5.99. The van der Waals surface area contributed by atoms with Gasteiger partial charge in [-0.1, -0.05) is 85.5 Å². The lowest BCUT2D eigenvalue weighted by Gasteiger charge is -2.10. The van der Waals surface area contributed by atoms with Gasteiger partial charge in [0.05, 0.1) is 0 Å². The van der Waals surface area contributed by atoms with Crippen molar-refractivity contribution in [3.8, 4) is 0 Å². The summed E-state index contributed by atoms with van der Waals surface area (Å²) in [6, 6.07) is 16.6. The molecule has 0 bridgehead atoms. The van der Waals surface area contributed by atoms with Gasteiger partial charge in [0.2, 0.25) is 5.55 Å². The van der Waals surface area contributed by atoms with E-state index >= 15 is 0 Å². The molecule has 2 heterocycles. The molecule has 0 saturated carbocycles. The Kier molecular flexibility index (Phi) is 11.7. The van der Waals surface area contributed by atoms with Crippen LogP contribution in [0, 0.1) is 5.41 Å². The van der Waals surface area contributed by atoms with Gasteiger partial charge in [0, 0.05) is 22.3 Å². The minimum absolute atomic E-state index is 0.269. The highest BCUT2D eigenvalue weighted by molar-refractivity contribution is 5.84. The van der Waals surface area contributed by atoms with Gasteiger partial charge in [0.1, 0.15) is 5.58 Å².